The molecule has 0 spiro atoms. The largest absolute Gasteiger partial charge is 0.487 e. The molecule has 0 amide bonds. The lowest BCUT2D eigenvalue weighted by Crippen LogP contribution is -2.10. The Hall–Kier alpha value is -1.67. The molecule has 2 N–H and O–H groups in total. The fourth-order valence-electron chi connectivity index (χ4n) is 1.89. The van der Waals surface area contributed by atoms with E-state index in [1.807, 2.05) is 0 Å². The van der Waals surface area contributed by atoms with E-state index in [1.54, 1.807) is 18.2 Å². The summed E-state index contributed by atoms with van der Waals surface area (Å²) in [6, 6.07) is 13.7. The molecule has 0 unspecified atom stereocenters. The second-order valence-corrected chi connectivity index (χ2v) is 6.33. The summed E-state index contributed by atoms with van der Waals surface area (Å²) in [5, 5.41) is 0.575. The van der Waals surface area contributed by atoms with Crippen molar-refractivity contribution in [2.24, 2.45) is 0 Å². The van der Waals surface area contributed by atoms with Gasteiger partial charge in [0.2, 0.25) is 0 Å². The average molecular weight is 290 g/mol. The smallest absolute Gasteiger partial charge is 0.140 e. The highest BCUT2D eigenvalue weighted by molar-refractivity contribution is 6.32. The number of rotatable bonds is 3. The van der Waals surface area contributed by atoms with Crippen LogP contribution in [-0.2, 0) is 12.0 Å². The average Bonchev–Trinajstić information content (AvgIpc) is 2.39. The van der Waals surface area contributed by atoms with Gasteiger partial charge in [0.05, 0.1) is 5.02 Å². The maximum Gasteiger partial charge on any atom is 0.140 e. The van der Waals surface area contributed by atoms with Gasteiger partial charge >= 0.3 is 0 Å². The highest BCUT2D eigenvalue weighted by atomic mass is 35.5. The first-order valence-electron chi connectivity index (χ1n) is 6.63. The molecule has 0 aliphatic heterocycles. The van der Waals surface area contributed by atoms with Gasteiger partial charge in [-0.05, 0) is 28.7 Å². The van der Waals surface area contributed by atoms with Gasteiger partial charge in [-0.15, -0.1) is 0 Å². The lowest BCUT2D eigenvalue weighted by molar-refractivity contribution is 0.306. The third kappa shape index (κ3) is 3.67. The van der Waals surface area contributed by atoms with Gasteiger partial charge in [0, 0.05) is 11.8 Å². The van der Waals surface area contributed by atoms with Gasteiger partial charge in [-0.1, -0.05) is 56.6 Å². The van der Waals surface area contributed by atoms with Crippen LogP contribution in [0.4, 0.5) is 5.69 Å². The maximum atomic E-state index is 6.07. The van der Waals surface area contributed by atoms with Crippen molar-refractivity contribution in [1.29, 1.82) is 0 Å². The third-order valence-corrected chi connectivity index (χ3v) is 3.48. The Bertz CT molecular complexity index is 585. The zero-order valence-corrected chi connectivity index (χ0v) is 12.9. The van der Waals surface area contributed by atoms with Crippen LogP contribution in [0.15, 0.2) is 42.5 Å². The first-order chi connectivity index (χ1) is 9.36. The fourth-order valence-corrected chi connectivity index (χ4v) is 2.06. The molecule has 2 rings (SSSR count). The van der Waals surface area contributed by atoms with Crippen molar-refractivity contribution in [2.75, 3.05) is 5.73 Å². The summed E-state index contributed by atoms with van der Waals surface area (Å²) < 4.78 is 5.72. The number of nitrogens with two attached hydrogens (primary N) is 1. The minimum Gasteiger partial charge on any atom is -0.487 e. The summed E-state index contributed by atoms with van der Waals surface area (Å²) in [4.78, 5) is 0. The molecule has 0 saturated heterocycles. The lowest BCUT2D eigenvalue weighted by Gasteiger charge is -2.19. The molecule has 2 aromatic carbocycles. The maximum absolute atomic E-state index is 6.07. The number of hydrogen-bond donors (Lipinski definition) is 1. The van der Waals surface area contributed by atoms with Crippen LogP contribution in [-0.4, -0.2) is 0 Å². The number of nitrogen functional groups attached to an aromatic ring is 1. The molecule has 0 saturated carbocycles. The monoisotopic (exact) mass is 289 g/mol. The summed E-state index contributed by atoms with van der Waals surface area (Å²) in [6.07, 6.45) is 0. The van der Waals surface area contributed by atoms with E-state index < -0.39 is 0 Å². The van der Waals surface area contributed by atoms with Crippen LogP contribution in [0.1, 0.15) is 31.9 Å². The third-order valence-electron chi connectivity index (χ3n) is 3.17. The van der Waals surface area contributed by atoms with Crippen LogP contribution >= 0.6 is 11.6 Å². The summed E-state index contributed by atoms with van der Waals surface area (Å²) in [7, 11) is 0. The van der Waals surface area contributed by atoms with E-state index in [-0.39, 0.29) is 5.41 Å². The predicted octanol–water partition coefficient (Wildman–Crippen LogP) is 4.80. The van der Waals surface area contributed by atoms with E-state index in [0.717, 1.165) is 5.56 Å². The SMILES string of the molecule is CC(C)(C)c1ccc(COc2cc(N)ccc2Cl)cc1. The summed E-state index contributed by atoms with van der Waals surface area (Å²) in [6.45, 7) is 7.08. The molecule has 0 atom stereocenters. The van der Waals surface area contributed by atoms with Crippen molar-refractivity contribution in [1.82, 2.24) is 0 Å². The predicted molar refractivity (Wildman–Crippen MR) is 85.3 cm³/mol. The van der Waals surface area contributed by atoms with Gasteiger partial charge in [0.1, 0.15) is 12.4 Å². The lowest BCUT2D eigenvalue weighted by atomic mass is 9.87. The zero-order chi connectivity index (χ0) is 14.8. The van der Waals surface area contributed by atoms with Gasteiger partial charge in [-0.2, -0.15) is 0 Å². The van der Waals surface area contributed by atoms with Gasteiger partial charge < -0.3 is 10.5 Å². The molecule has 0 bridgehead atoms. The minimum atomic E-state index is 0.163. The summed E-state index contributed by atoms with van der Waals surface area (Å²) in [5.41, 5.74) is 8.95. The minimum absolute atomic E-state index is 0.163. The molecule has 0 heterocycles. The van der Waals surface area contributed by atoms with Gasteiger partial charge in [-0.3, -0.25) is 0 Å². The Morgan fingerprint density at radius 3 is 2.30 bits per heavy atom. The number of hydrogen-bond acceptors (Lipinski definition) is 2. The van der Waals surface area contributed by atoms with Crippen molar-refractivity contribution < 1.29 is 4.74 Å². The van der Waals surface area contributed by atoms with Crippen molar-refractivity contribution >= 4 is 17.3 Å². The number of benzene rings is 2. The second kappa shape index (κ2) is 5.76. The standard InChI is InChI=1S/C17H20ClNO/c1-17(2,3)13-6-4-12(5-7-13)11-20-16-10-14(19)8-9-15(16)18/h4-10H,11,19H2,1-3H3. The quantitative estimate of drug-likeness (QED) is 0.824. The summed E-state index contributed by atoms with van der Waals surface area (Å²) >= 11 is 6.07. The molecule has 2 nitrogen and oxygen atoms in total. The van der Waals surface area contributed by atoms with E-state index in [0.29, 0.717) is 23.1 Å². The van der Waals surface area contributed by atoms with Crippen LogP contribution in [0.25, 0.3) is 0 Å². The van der Waals surface area contributed by atoms with Crippen LogP contribution in [0.2, 0.25) is 5.02 Å². The highest BCUT2D eigenvalue weighted by Gasteiger charge is 2.12. The molecule has 3 heteroatoms. The van der Waals surface area contributed by atoms with E-state index >= 15 is 0 Å². The first-order valence-corrected chi connectivity index (χ1v) is 7.01. The summed E-state index contributed by atoms with van der Waals surface area (Å²) in [5.74, 6) is 0.617. The Morgan fingerprint density at radius 1 is 1.05 bits per heavy atom. The normalized spacial score (nSPS) is 11.4. The molecule has 2 aromatic rings. The van der Waals surface area contributed by atoms with Crippen LogP contribution in [0, 0.1) is 0 Å². The number of ether oxygens (including phenoxy) is 1. The number of halogens is 1. The van der Waals surface area contributed by atoms with Crippen molar-refractivity contribution in [3.05, 3.63) is 58.6 Å². The van der Waals surface area contributed by atoms with Gasteiger partial charge in [-0.25, -0.2) is 0 Å². The van der Waals surface area contributed by atoms with Gasteiger partial charge in [0.25, 0.3) is 0 Å². The van der Waals surface area contributed by atoms with E-state index in [1.165, 1.54) is 5.56 Å². The molecule has 0 aromatic heterocycles. The van der Waals surface area contributed by atoms with Crippen molar-refractivity contribution in [2.45, 2.75) is 32.8 Å². The molecule has 20 heavy (non-hydrogen) atoms. The molecular formula is C17H20ClNO. The van der Waals surface area contributed by atoms with Crippen molar-refractivity contribution in [3.63, 3.8) is 0 Å². The van der Waals surface area contributed by atoms with Crippen LogP contribution < -0.4 is 10.5 Å². The molecule has 0 radical (unpaired) electrons. The topological polar surface area (TPSA) is 35.2 Å². The molecule has 0 aliphatic rings. The Morgan fingerprint density at radius 2 is 1.70 bits per heavy atom. The molecule has 0 aliphatic carbocycles. The van der Waals surface area contributed by atoms with E-state index in [4.69, 9.17) is 22.1 Å². The van der Waals surface area contributed by atoms with E-state index in [2.05, 4.69) is 45.0 Å². The first kappa shape index (κ1) is 14.7. The molecule has 0 fully saturated rings. The van der Waals surface area contributed by atoms with Crippen molar-refractivity contribution in [3.8, 4) is 5.75 Å². The highest BCUT2D eigenvalue weighted by Crippen LogP contribution is 2.28. The van der Waals surface area contributed by atoms with Gasteiger partial charge in [0.15, 0.2) is 0 Å². The molecular weight excluding hydrogens is 270 g/mol. The van der Waals surface area contributed by atoms with Crippen LogP contribution in [0.5, 0.6) is 5.75 Å². The fraction of sp³-hybridized carbons (Fsp3) is 0.294. The van der Waals surface area contributed by atoms with Crippen LogP contribution in [0.3, 0.4) is 0 Å². The van der Waals surface area contributed by atoms with E-state index in [9.17, 15) is 0 Å². The Labute approximate surface area is 125 Å². The Balaban J connectivity index is 2.06. The number of anilines is 1. The molecule has 106 valence electrons. The zero-order valence-electron chi connectivity index (χ0n) is 12.1. The Kier molecular flexibility index (Phi) is 4.24. The second-order valence-electron chi connectivity index (χ2n) is 5.93.